The highest BCUT2D eigenvalue weighted by Gasteiger charge is 2.13. The highest BCUT2D eigenvalue weighted by molar-refractivity contribution is 6.30. The molecule has 0 saturated carbocycles. The number of nitrogens with one attached hydrogen (secondary N) is 1. The number of anilines is 1. The molecule has 1 aromatic heterocycles. The van der Waals surface area contributed by atoms with Gasteiger partial charge in [0.1, 0.15) is 0 Å². The number of halogens is 1. The van der Waals surface area contributed by atoms with Gasteiger partial charge in [0.15, 0.2) is 0 Å². The fourth-order valence-corrected chi connectivity index (χ4v) is 2.36. The molecule has 0 unspecified atom stereocenters. The highest BCUT2D eigenvalue weighted by Crippen LogP contribution is 2.21. The zero-order valence-electron chi connectivity index (χ0n) is 13.5. The van der Waals surface area contributed by atoms with Gasteiger partial charge in [-0.25, -0.2) is 4.79 Å². The third-order valence-electron chi connectivity index (χ3n) is 3.41. The molecule has 128 valence electrons. The summed E-state index contributed by atoms with van der Waals surface area (Å²) in [6, 6.07) is 14.2. The van der Waals surface area contributed by atoms with Crippen LogP contribution in [0, 0.1) is 0 Å². The fraction of sp³-hybridized carbons (Fsp3) is 0.167. The van der Waals surface area contributed by atoms with Gasteiger partial charge in [0.05, 0.1) is 18.7 Å². The van der Waals surface area contributed by atoms with E-state index >= 15 is 0 Å². The standard InChI is InChI=1S/C18H16ClN3O3/c1-2-24-18(23)14-5-3-4-6-15(14)20-11-16-21-22-17(25-16)12-7-9-13(19)10-8-12/h3-10,20H,2,11H2,1H3. The highest BCUT2D eigenvalue weighted by atomic mass is 35.5. The maximum absolute atomic E-state index is 12.0. The van der Waals surface area contributed by atoms with E-state index < -0.39 is 0 Å². The van der Waals surface area contributed by atoms with Crippen molar-refractivity contribution >= 4 is 23.3 Å². The maximum Gasteiger partial charge on any atom is 0.340 e. The molecule has 3 rings (SSSR count). The van der Waals surface area contributed by atoms with Crippen molar-refractivity contribution in [3.05, 3.63) is 65.0 Å². The first kappa shape index (κ1) is 17.0. The number of ether oxygens (including phenoxy) is 1. The van der Waals surface area contributed by atoms with Crippen molar-refractivity contribution in [2.24, 2.45) is 0 Å². The van der Waals surface area contributed by atoms with E-state index in [0.717, 1.165) is 5.56 Å². The second-order valence-corrected chi connectivity index (χ2v) is 5.56. The van der Waals surface area contributed by atoms with Crippen LogP contribution in [0.3, 0.4) is 0 Å². The lowest BCUT2D eigenvalue weighted by Gasteiger charge is -2.09. The first-order chi connectivity index (χ1) is 12.2. The van der Waals surface area contributed by atoms with Crippen LogP contribution in [-0.4, -0.2) is 22.8 Å². The third kappa shape index (κ3) is 4.16. The lowest BCUT2D eigenvalue weighted by molar-refractivity contribution is 0.0527. The van der Waals surface area contributed by atoms with Crippen molar-refractivity contribution in [3.63, 3.8) is 0 Å². The van der Waals surface area contributed by atoms with Gasteiger partial charge < -0.3 is 14.5 Å². The number of nitrogens with zero attached hydrogens (tertiary/aromatic N) is 2. The number of para-hydroxylation sites is 1. The van der Waals surface area contributed by atoms with E-state index in [-0.39, 0.29) is 12.5 Å². The molecule has 2 aromatic carbocycles. The molecule has 0 spiro atoms. The Bertz CT molecular complexity index is 862. The van der Waals surface area contributed by atoms with Gasteiger partial charge in [-0.15, -0.1) is 10.2 Å². The van der Waals surface area contributed by atoms with Gasteiger partial charge in [-0.3, -0.25) is 0 Å². The molecule has 3 aromatic rings. The first-order valence-corrected chi connectivity index (χ1v) is 8.13. The predicted octanol–water partition coefficient (Wildman–Crippen LogP) is 4.18. The van der Waals surface area contributed by atoms with Gasteiger partial charge in [-0.1, -0.05) is 23.7 Å². The Morgan fingerprint density at radius 3 is 2.68 bits per heavy atom. The Morgan fingerprint density at radius 1 is 1.16 bits per heavy atom. The van der Waals surface area contributed by atoms with Crippen LogP contribution in [0.15, 0.2) is 52.9 Å². The Balaban J connectivity index is 1.71. The molecule has 7 heteroatoms. The van der Waals surface area contributed by atoms with Crippen LogP contribution in [0.25, 0.3) is 11.5 Å². The molecule has 0 aliphatic heterocycles. The number of rotatable bonds is 6. The minimum atomic E-state index is -0.377. The molecule has 0 atom stereocenters. The van der Waals surface area contributed by atoms with Crippen LogP contribution >= 0.6 is 11.6 Å². The molecule has 1 heterocycles. The first-order valence-electron chi connectivity index (χ1n) is 7.75. The summed E-state index contributed by atoms with van der Waals surface area (Å²) in [6.45, 7) is 2.38. The van der Waals surface area contributed by atoms with Crippen LogP contribution in [0.4, 0.5) is 5.69 Å². The monoisotopic (exact) mass is 357 g/mol. The van der Waals surface area contributed by atoms with Gasteiger partial charge >= 0.3 is 5.97 Å². The van der Waals surface area contributed by atoms with E-state index in [9.17, 15) is 4.79 Å². The molecule has 0 aliphatic rings. The second kappa shape index (κ2) is 7.81. The number of hydrogen-bond acceptors (Lipinski definition) is 6. The van der Waals surface area contributed by atoms with Crippen molar-refractivity contribution in [1.82, 2.24) is 10.2 Å². The number of benzene rings is 2. The average Bonchev–Trinajstić information content (AvgIpc) is 3.10. The van der Waals surface area contributed by atoms with Crippen LogP contribution in [-0.2, 0) is 11.3 Å². The third-order valence-corrected chi connectivity index (χ3v) is 3.66. The van der Waals surface area contributed by atoms with Gasteiger partial charge in [-0.2, -0.15) is 0 Å². The quantitative estimate of drug-likeness (QED) is 0.667. The van der Waals surface area contributed by atoms with E-state index in [2.05, 4.69) is 15.5 Å². The fourth-order valence-electron chi connectivity index (χ4n) is 2.23. The number of hydrogen-bond donors (Lipinski definition) is 1. The molecule has 0 saturated heterocycles. The molecule has 0 fully saturated rings. The molecule has 0 bridgehead atoms. The Labute approximate surface area is 149 Å². The smallest absolute Gasteiger partial charge is 0.340 e. The predicted molar refractivity (Wildman–Crippen MR) is 94.5 cm³/mol. The van der Waals surface area contributed by atoms with E-state index in [1.54, 1.807) is 37.3 Å². The minimum Gasteiger partial charge on any atom is -0.462 e. The molecule has 6 nitrogen and oxygen atoms in total. The summed E-state index contributed by atoms with van der Waals surface area (Å²) in [5, 5.41) is 11.8. The number of carbonyl (C=O) groups excluding carboxylic acids is 1. The van der Waals surface area contributed by atoms with E-state index in [1.807, 2.05) is 18.2 Å². The molecule has 0 aliphatic carbocycles. The van der Waals surface area contributed by atoms with Gasteiger partial charge in [-0.05, 0) is 43.3 Å². The van der Waals surface area contributed by atoms with Crippen molar-refractivity contribution in [3.8, 4) is 11.5 Å². The summed E-state index contributed by atoms with van der Waals surface area (Å²) in [6.07, 6.45) is 0. The normalized spacial score (nSPS) is 10.5. The molecular formula is C18H16ClN3O3. The van der Waals surface area contributed by atoms with Gasteiger partial charge in [0, 0.05) is 16.3 Å². The topological polar surface area (TPSA) is 77.2 Å². The second-order valence-electron chi connectivity index (χ2n) is 5.13. The Hall–Kier alpha value is -2.86. The zero-order chi connectivity index (χ0) is 17.6. The van der Waals surface area contributed by atoms with Crippen LogP contribution in [0.1, 0.15) is 23.2 Å². The summed E-state index contributed by atoms with van der Waals surface area (Å²) in [5.41, 5.74) is 1.89. The number of carbonyl (C=O) groups is 1. The maximum atomic E-state index is 12.0. The van der Waals surface area contributed by atoms with Crippen molar-refractivity contribution in [2.45, 2.75) is 13.5 Å². The van der Waals surface area contributed by atoms with Crippen molar-refractivity contribution < 1.29 is 13.9 Å². The van der Waals surface area contributed by atoms with Crippen LogP contribution in [0.2, 0.25) is 5.02 Å². The van der Waals surface area contributed by atoms with Gasteiger partial charge in [0.2, 0.25) is 11.8 Å². The Kier molecular flexibility index (Phi) is 5.30. The summed E-state index contributed by atoms with van der Waals surface area (Å²) in [7, 11) is 0. The van der Waals surface area contributed by atoms with Gasteiger partial charge in [0.25, 0.3) is 0 Å². The summed E-state index contributed by atoms with van der Waals surface area (Å²) >= 11 is 5.87. The summed E-state index contributed by atoms with van der Waals surface area (Å²) in [5.74, 6) is 0.439. The largest absolute Gasteiger partial charge is 0.462 e. The lowest BCUT2D eigenvalue weighted by Crippen LogP contribution is -2.09. The summed E-state index contributed by atoms with van der Waals surface area (Å²) < 4.78 is 10.7. The number of aromatic nitrogens is 2. The SMILES string of the molecule is CCOC(=O)c1ccccc1NCc1nnc(-c2ccc(Cl)cc2)o1. The van der Waals surface area contributed by atoms with E-state index in [4.69, 9.17) is 20.8 Å². The van der Waals surface area contributed by atoms with Crippen molar-refractivity contribution in [2.75, 3.05) is 11.9 Å². The van der Waals surface area contributed by atoms with E-state index in [0.29, 0.717) is 34.7 Å². The zero-order valence-corrected chi connectivity index (χ0v) is 14.3. The molecular weight excluding hydrogens is 342 g/mol. The van der Waals surface area contributed by atoms with E-state index in [1.165, 1.54) is 0 Å². The molecule has 1 N–H and O–H groups in total. The lowest BCUT2D eigenvalue weighted by atomic mass is 10.2. The molecule has 0 amide bonds. The van der Waals surface area contributed by atoms with Crippen LogP contribution in [0.5, 0.6) is 0 Å². The van der Waals surface area contributed by atoms with Crippen LogP contribution < -0.4 is 5.32 Å². The minimum absolute atomic E-state index is 0.289. The number of esters is 1. The molecule has 0 radical (unpaired) electrons. The van der Waals surface area contributed by atoms with Crippen molar-refractivity contribution in [1.29, 1.82) is 0 Å². The summed E-state index contributed by atoms with van der Waals surface area (Å²) in [4.78, 5) is 12.0. The Morgan fingerprint density at radius 2 is 1.92 bits per heavy atom. The molecule has 25 heavy (non-hydrogen) atoms. The average molecular weight is 358 g/mol.